The Labute approximate surface area is 169 Å². The van der Waals surface area contributed by atoms with Crippen LogP contribution < -0.4 is 10.2 Å². The summed E-state index contributed by atoms with van der Waals surface area (Å²) in [5.41, 5.74) is 1.07. The summed E-state index contributed by atoms with van der Waals surface area (Å²) in [5.74, 6) is 0.740. The van der Waals surface area contributed by atoms with Crippen LogP contribution >= 0.6 is 0 Å². The van der Waals surface area contributed by atoms with Gasteiger partial charge >= 0.3 is 7.12 Å². The van der Waals surface area contributed by atoms with Gasteiger partial charge < -0.3 is 18.8 Å². The fraction of sp³-hybridized carbons (Fsp3) is 0.650. The SMILES string of the molecule is COc1c(B2OC(C)(C)C(C)(C)O2)ccc2c1cnn2COCC[Si](C)(C)C. The van der Waals surface area contributed by atoms with Crippen LogP contribution in [0.25, 0.3) is 10.9 Å². The maximum Gasteiger partial charge on any atom is 0.498 e. The third-order valence-corrected chi connectivity index (χ3v) is 7.43. The zero-order valence-corrected chi connectivity index (χ0v) is 19.5. The molecule has 8 heteroatoms. The Kier molecular flexibility index (Phi) is 5.71. The highest BCUT2D eigenvalue weighted by molar-refractivity contribution is 6.76. The Bertz CT molecular complexity index is 829. The molecular formula is C20H33BN2O4Si. The fourth-order valence-electron chi connectivity index (χ4n) is 3.16. The summed E-state index contributed by atoms with van der Waals surface area (Å²) in [6, 6.07) is 5.18. The second kappa shape index (κ2) is 7.48. The van der Waals surface area contributed by atoms with E-state index in [0.717, 1.165) is 34.8 Å². The molecule has 0 N–H and O–H groups in total. The Morgan fingerprint density at radius 3 is 2.32 bits per heavy atom. The van der Waals surface area contributed by atoms with Crippen molar-refractivity contribution >= 4 is 31.6 Å². The number of methoxy groups -OCH3 is 1. The van der Waals surface area contributed by atoms with Crippen LogP contribution in [0.4, 0.5) is 0 Å². The van der Waals surface area contributed by atoms with E-state index in [1.165, 1.54) is 0 Å². The van der Waals surface area contributed by atoms with Crippen molar-refractivity contribution in [3.63, 3.8) is 0 Å². The van der Waals surface area contributed by atoms with Crippen LogP contribution in [0.2, 0.25) is 25.7 Å². The second-order valence-electron chi connectivity index (χ2n) is 9.70. The first kappa shape index (κ1) is 21.4. The van der Waals surface area contributed by atoms with Crippen LogP contribution in [-0.2, 0) is 20.8 Å². The van der Waals surface area contributed by atoms with E-state index in [9.17, 15) is 0 Å². The van der Waals surface area contributed by atoms with E-state index < -0.39 is 26.4 Å². The van der Waals surface area contributed by atoms with Gasteiger partial charge in [-0.25, -0.2) is 4.68 Å². The van der Waals surface area contributed by atoms with E-state index in [0.29, 0.717) is 6.73 Å². The van der Waals surface area contributed by atoms with Crippen LogP contribution in [0, 0.1) is 0 Å². The van der Waals surface area contributed by atoms with Crippen molar-refractivity contribution in [1.29, 1.82) is 0 Å². The minimum atomic E-state index is -1.10. The molecule has 0 spiro atoms. The quantitative estimate of drug-likeness (QED) is 0.521. The largest absolute Gasteiger partial charge is 0.498 e. The van der Waals surface area contributed by atoms with Crippen molar-refractivity contribution in [2.75, 3.05) is 13.7 Å². The Hall–Kier alpha value is -1.35. The maximum absolute atomic E-state index is 6.21. The molecule has 0 radical (unpaired) electrons. The van der Waals surface area contributed by atoms with Gasteiger partial charge in [-0.05, 0) is 39.8 Å². The van der Waals surface area contributed by atoms with Gasteiger partial charge in [-0.2, -0.15) is 5.10 Å². The molecule has 2 heterocycles. The molecule has 0 amide bonds. The van der Waals surface area contributed by atoms with E-state index in [2.05, 4.69) is 24.7 Å². The predicted octanol–water partition coefficient (Wildman–Crippen LogP) is 3.66. The number of ether oxygens (including phenoxy) is 2. The highest BCUT2D eigenvalue weighted by Gasteiger charge is 2.52. The number of benzene rings is 1. The molecule has 154 valence electrons. The molecule has 28 heavy (non-hydrogen) atoms. The van der Waals surface area contributed by atoms with Crippen LogP contribution in [0.15, 0.2) is 18.3 Å². The molecular weight excluding hydrogens is 371 g/mol. The number of rotatable bonds is 7. The average Bonchev–Trinajstić information content (AvgIpc) is 3.07. The van der Waals surface area contributed by atoms with Gasteiger partial charge in [0.25, 0.3) is 0 Å². The normalized spacial score (nSPS) is 18.8. The van der Waals surface area contributed by atoms with E-state index in [1.807, 2.05) is 50.7 Å². The van der Waals surface area contributed by atoms with Gasteiger partial charge in [0.15, 0.2) is 0 Å². The zero-order valence-electron chi connectivity index (χ0n) is 18.5. The molecule has 2 aromatic rings. The van der Waals surface area contributed by atoms with Gasteiger partial charge in [0.05, 0.1) is 35.4 Å². The lowest BCUT2D eigenvalue weighted by atomic mass is 9.77. The van der Waals surface area contributed by atoms with Crippen LogP contribution in [0.3, 0.4) is 0 Å². The van der Waals surface area contributed by atoms with Crippen molar-refractivity contribution in [2.24, 2.45) is 0 Å². The maximum atomic E-state index is 6.21. The third-order valence-electron chi connectivity index (χ3n) is 5.73. The topological polar surface area (TPSA) is 54.7 Å². The van der Waals surface area contributed by atoms with Gasteiger partial charge in [-0.1, -0.05) is 25.7 Å². The monoisotopic (exact) mass is 404 g/mol. The molecule has 6 nitrogen and oxygen atoms in total. The Balaban J connectivity index is 1.83. The van der Waals surface area contributed by atoms with E-state index >= 15 is 0 Å². The fourth-order valence-corrected chi connectivity index (χ4v) is 3.92. The molecule has 0 saturated carbocycles. The lowest BCUT2D eigenvalue weighted by Gasteiger charge is -2.32. The Morgan fingerprint density at radius 1 is 1.11 bits per heavy atom. The summed E-state index contributed by atoms with van der Waals surface area (Å²) in [6.07, 6.45) is 1.82. The highest BCUT2D eigenvalue weighted by Crippen LogP contribution is 2.38. The van der Waals surface area contributed by atoms with Gasteiger partial charge in [0.2, 0.25) is 0 Å². The van der Waals surface area contributed by atoms with Crippen LogP contribution in [0.1, 0.15) is 27.7 Å². The zero-order chi connectivity index (χ0) is 20.7. The summed E-state index contributed by atoms with van der Waals surface area (Å²) in [4.78, 5) is 0. The molecule has 1 fully saturated rings. The first-order chi connectivity index (χ1) is 13.0. The number of nitrogens with zero attached hydrogens (tertiary/aromatic N) is 2. The van der Waals surface area contributed by atoms with E-state index in [4.69, 9.17) is 18.8 Å². The molecule has 1 aromatic carbocycles. The van der Waals surface area contributed by atoms with Crippen molar-refractivity contribution in [3.05, 3.63) is 18.3 Å². The lowest BCUT2D eigenvalue weighted by molar-refractivity contribution is 0.00578. The van der Waals surface area contributed by atoms with Gasteiger partial charge in [-0.3, -0.25) is 0 Å². The van der Waals surface area contributed by atoms with Crippen molar-refractivity contribution < 1.29 is 18.8 Å². The summed E-state index contributed by atoms with van der Waals surface area (Å²) in [5, 5.41) is 5.44. The standard InChI is InChI=1S/C20H33BN2O4Si/c1-19(2)20(3,4)27-21(26-19)16-9-10-17-15(18(16)24-5)13-22-23(17)14-25-11-12-28(6,7)8/h9-10,13H,11-12,14H2,1-8H3. The molecule has 0 unspecified atom stereocenters. The summed E-state index contributed by atoms with van der Waals surface area (Å²) >= 11 is 0. The summed E-state index contributed by atoms with van der Waals surface area (Å²) < 4.78 is 25.9. The molecule has 1 aliphatic heterocycles. The second-order valence-corrected chi connectivity index (χ2v) is 15.3. The molecule has 1 saturated heterocycles. The van der Waals surface area contributed by atoms with Crippen molar-refractivity contribution in [3.8, 4) is 5.75 Å². The smallest absolute Gasteiger partial charge is 0.496 e. The van der Waals surface area contributed by atoms with E-state index in [-0.39, 0.29) is 0 Å². The molecule has 1 aromatic heterocycles. The molecule has 0 aliphatic carbocycles. The highest BCUT2D eigenvalue weighted by atomic mass is 28.3. The minimum Gasteiger partial charge on any atom is -0.496 e. The molecule has 0 atom stereocenters. The average molecular weight is 404 g/mol. The minimum absolute atomic E-state index is 0.397. The molecule has 1 aliphatic rings. The number of aromatic nitrogens is 2. The third kappa shape index (κ3) is 4.15. The lowest BCUT2D eigenvalue weighted by Crippen LogP contribution is -2.41. The van der Waals surface area contributed by atoms with Crippen molar-refractivity contribution in [2.45, 2.75) is 71.3 Å². The molecule has 0 bridgehead atoms. The first-order valence-corrected chi connectivity index (χ1v) is 13.6. The summed E-state index contributed by atoms with van der Waals surface area (Å²) in [6.45, 7) is 16.4. The molecule has 3 rings (SSSR count). The number of hydrogen-bond donors (Lipinski definition) is 0. The Morgan fingerprint density at radius 2 is 1.75 bits per heavy atom. The number of hydrogen-bond acceptors (Lipinski definition) is 5. The van der Waals surface area contributed by atoms with E-state index in [1.54, 1.807) is 7.11 Å². The van der Waals surface area contributed by atoms with Gasteiger partial charge in [0, 0.05) is 20.1 Å². The van der Waals surface area contributed by atoms with Crippen molar-refractivity contribution in [1.82, 2.24) is 9.78 Å². The van der Waals surface area contributed by atoms with Gasteiger partial charge in [-0.15, -0.1) is 0 Å². The van der Waals surface area contributed by atoms with Gasteiger partial charge in [0.1, 0.15) is 12.5 Å². The summed E-state index contributed by atoms with van der Waals surface area (Å²) in [7, 11) is 0.104. The number of fused-ring (bicyclic) bond motifs is 1. The first-order valence-electron chi connectivity index (χ1n) is 9.91. The van der Waals surface area contributed by atoms with Crippen LogP contribution in [-0.4, -0.2) is 49.9 Å². The predicted molar refractivity (Wildman–Crippen MR) is 116 cm³/mol. The van der Waals surface area contributed by atoms with Crippen LogP contribution in [0.5, 0.6) is 5.75 Å².